The van der Waals surface area contributed by atoms with E-state index >= 15 is 0 Å². The Morgan fingerprint density at radius 1 is 1.35 bits per heavy atom. The van der Waals surface area contributed by atoms with Crippen LogP contribution in [0.3, 0.4) is 0 Å². The molecule has 0 amide bonds. The van der Waals surface area contributed by atoms with Gasteiger partial charge in [-0.2, -0.15) is 0 Å². The molecular formula is C15H19F2NO2. The van der Waals surface area contributed by atoms with Gasteiger partial charge in [-0.1, -0.05) is 12.1 Å². The van der Waals surface area contributed by atoms with Crippen LogP contribution in [0.4, 0.5) is 8.78 Å². The summed E-state index contributed by atoms with van der Waals surface area (Å²) in [4.78, 5) is 2.15. The highest BCUT2D eigenvalue weighted by molar-refractivity contribution is 5.21. The lowest BCUT2D eigenvalue weighted by Gasteiger charge is -2.38. The van der Waals surface area contributed by atoms with E-state index in [1.807, 2.05) is 0 Å². The van der Waals surface area contributed by atoms with Gasteiger partial charge >= 0.3 is 0 Å². The highest BCUT2D eigenvalue weighted by atomic mass is 19.2. The third-order valence-electron chi connectivity index (χ3n) is 4.35. The number of benzene rings is 1. The molecule has 20 heavy (non-hydrogen) atoms. The smallest absolute Gasteiger partial charge is 0.164 e. The van der Waals surface area contributed by atoms with E-state index in [0.29, 0.717) is 19.2 Å². The molecule has 2 fully saturated rings. The molecule has 1 aliphatic heterocycles. The summed E-state index contributed by atoms with van der Waals surface area (Å²) in [5, 5.41) is 10.2. The molecule has 1 aromatic carbocycles. The lowest BCUT2D eigenvalue weighted by Crippen LogP contribution is -2.49. The second kappa shape index (κ2) is 5.76. The molecule has 3 nitrogen and oxygen atoms in total. The first-order valence-corrected chi connectivity index (χ1v) is 7.14. The molecule has 3 unspecified atom stereocenters. The Kier molecular flexibility index (Phi) is 4.01. The van der Waals surface area contributed by atoms with Gasteiger partial charge in [0.2, 0.25) is 0 Å². The molecule has 0 spiro atoms. The van der Waals surface area contributed by atoms with Gasteiger partial charge in [-0.25, -0.2) is 8.78 Å². The normalized spacial score (nSPS) is 28.4. The maximum absolute atomic E-state index is 13.7. The fraction of sp³-hybridized carbons (Fsp3) is 0.600. The minimum absolute atomic E-state index is 0.0334. The zero-order chi connectivity index (χ0) is 14.1. The Bertz CT molecular complexity index is 483. The van der Waals surface area contributed by atoms with Crippen molar-refractivity contribution in [2.45, 2.75) is 37.5 Å². The second-order valence-electron chi connectivity index (χ2n) is 5.56. The van der Waals surface area contributed by atoms with Gasteiger partial charge < -0.3 is 9.84 Å². The van der Waals surface area contributed by atoms with Gasteiger partial charge in [0.05, 0.1) is 18.8 Å². The average Bonchev–Trinajstić information content (AvgIpc) is 2.91. The number of morpholine rings is 1. The summed E-state index contributed by atoms with van der Waals surface area (Å²) >= 11 is 0. The van der Waals surface area contributed by atoms with Crippen molar-refractivity contribution in [3.05, 3.63) is 35.4 Å². The molecule has 0 aromatic heterocycles. The molecule has 1 heterocycles. The van der Waals surface area contributed by atoms with Crippen LogP contribution in [0.1, 0.15) is 30.9 Å². The third kappa shape index (κ3) is 2.57. The van der Waals surface area contributed by atoms with E-state index in [9.17, 15) is 13.9 Å². The Hall–Kier alpha value is -1.04. The third-order valence-corrected chi connectivity index (χ3v) is 4.35. The molecule has 3 atom stereocenters. The van der Waals surface area contributed by atoms with E-state index in [2.05, 4.69) is 4.90 Å². The molecule has 1 saturated carbocycles. The first-order valence-electron chi connectivity index (χ1n) is 7.14. The molecule has 3 rings (SSSR count). The molecule has 1 aliphatic carbocycles. The molecule has 0 radical (unpaired) electrons. The quantitative estimate of drug-likeness (QED) is 0.923. The summed E-state index contributed by atoms with van der Waals surface area (Å²) in [6.45, 7) is 1.69. The van der Waals surface area contributed by atoms with Gasteiger partial charge in [0.25, 0.3) is 0 Å². The Balaban J connectivity index is 1.72. The number of aliphatic hydroxyl groups is 1. The van der Waals surface area contributed by atoms with Crippen molar-refractivity contribution >= 4 is 0 Å². The largest absolute Gasteiger partial charge is 0.387 e. The number of aliphatic hydroxyl groups excluding tert-OH is 1. The predicted molar refractivity (Wildman–Crippen MR) is 70.3 cm³/mol. The van der Waals surface area contributed by atoms with E-state index in [0.717, 1.165) is 31.9 Å². The van der Waals surface area contributed by atoms with Gasteiger partial charge in [0.1, 0.15) is 0 Å². The van der Waals surface area contributed by atoms with Gasteiger partial charge in [-0.3, -0.25) is 4.90 Å². The highest BCUT2D eigenvalue weighted by Crippen LogP contribution is 2.31. The van der Waals surface area contributed by atoms with Gasteiger partial charge in [-0.15, -0.1) is 0 Å². The van der Waals surface area contributed by atoms with Crippen LogP contribution in [0.15, 0.2) is 18.2 Å². The average molecular weight is 283 g/mol. The van der Waals surface area contributed by atoms with Crippen LogP contribution in [0.25, 0.3) is 0 Å². The van der Waals surface area contributed by atoms with Crippen molar-refractivity contribution in [1.82, 2.24) is 4.90 Å². The highest BCUT2D eigenvalue weighted by Gasteiger charge is 2.36. The van der Waals surface area contributed by atoms with E-state index in [1.54, 1.807) is 0 Å². The van der Waals surface area contributed by atoms with Crippen molar-refractivity contribution in [3.8, 4) is 0 Å². The zero-order valence-electron chi connectivity index (χ0n) is 11.3. The lowest BCUT2D eigenvalue weighted by atomic mass is 10.1. The van der Waals surface area contributed by atoms with Gasteiger partial charge in [0.15, 0.2) is 11.6 Å². The first kappa shape index (κ1) is 13.9. The zero-order valence-corrected chi connectivity index (χ0v) is 11.3. The summed E-state index contributed by atoms with van der Waals surface area (Å²) in [6.07, 6.45) is 2.43. The summed E-state index contributed by atoms with van der Waals surface area (Å²) in [5.41, 5.74) is 0.0334. The Labute approximate surface area is 117 Å². The number of nitrogens with zero attached hydrogens (tertiary/aromatic N) is 1. The van der Waals surface area contributed by atoms with Crippen LogP contribution in [-0.2, 0) is 4.74 Å². The topological polar surface area (TPSA) is 32.7 Å². The molecule has 110 valence electrons. The molecule has 1 N–H and O–H groups in total. The molecule has 1 saturated heterocycles. The molecule has 1 aromatic rings. The summed E-state index contributed by atoms with van der Waals surface area (Å²) in [5.74, 6) is -1.86. The number of fused-ring (bicyclic) bond motifs is 1. The number of halogens is 2. The number of β-amino-alcohol motifs (C(OH)–C–C–N with tert-alkyl or cyclic N) is 1. The lowest BCUT2D eigenvalue weighted by molar-refractivity contribution is -0.0678. The number of rotatable bonds is 3. The SMILES string of the molecule is OC(CN1CCOC2CCCC21)c1cccc(F)c1F. The molecule has 5 heteroatoms. The Morgan fingerprint density at radius 2 is 2.20 bits per heavy atom. The van der Waals surface area contributed by atoms with Crippen molar-refractivity contribution in [1.29, 1.82) is 0 Å². The number of hydrogen-bond acceptors (Lipinski definition) is 3. The first-order chi connectivity index (χ1) is 9.66. The maximum atomic E-state index is 13.7. The van der Waals surface area contributed by atoms with Gasteiger partial charge in [-0.05, 0) is 25.3 Å². The second-order valence-corrected chi connectivity index (χ2v) is 5.56. The number of ether oxygens (including phenoxy) is 1. The Morgan fingerprint density at radius 3 is 3.05 bits per heavy atom. The van der Waals surface area contributed by atoms with Crippen molar-refractivity contribution in [2.24, 2.45) is 0 Å². The monoisotopic (exact) mass is 283 g/mol. The van der Waals surface area contributed by atoms with E-state index in [-0.39, 0.29) is 11.7 Å². The molecular weight excluding hydrogens is 264 g/mol. The van der Waals surface area contributed by atoms with Crippen molar-refractivity contribution in [3.63, 3.8) is 0 Å². The minimum atomic E-state index is -1.01. The van der Waals surface area contributed by atoms with Crippen molar-refractivity contribution < 1.29 is 18.6 Å². The van der Waals surface area contributed by atoms with E-state index in [1.165, 1.54) is 12.1 Å². The molecule has 2 aliphatic rings. The standard InChI is InChI=1S/C15H19F2NO2/c16-11-4-1-3-10(15(11)17)13(19)9-18-7-8-20-14-6-2-5-12(14)18/h1,3-4,12-14,19H,2,5-9H2. The fourth-order valence-electron chi connectivity index (χ4n) is 3.33. The summed E-state index contributed by atoms with van der Waals surface area (Å²) < 4.78 is 32.6. The summed E-state index contributed by atoms with van der Waals surface area (Å²) in [7, 11) is 0. The van der Waals surface area contributed by atoms with Crippen LogP contribution in [0, 0.1) is 11.6 Å². The van der Waals surface area contributed by atoms with Crippen LogP contribution in [-0.4, -0.2) is 41.8 Å². The summed E-state index contributed by atoms with van der Waals surface area (Å²) in [6, 6.07) is 4.23. The van der Waals surface area contributed by atoms with Gasteiger partial charge in [0, 0.05) is 24.7 Å². The maximum Gasteiger partial charge on any atom is 0.164 e. The van der Waals surface area contributed by atoms with E-state index in [4.69, 9.17) is 4.74 Å². The minimum Gasteiger partial charge on any atom is -0.387 e. The van der Waals surface area contributed by atoms with Crippen LogP contribution >= 0.6 is 0 Å². The van der Waals surface area contributed by atoms with Crippen LogP contribution in [0.5, 0.6) is 0 Å². The number of hydrogen-bond donors (Lipinski definition) is 1. The van der Waals surface area contributed by atoms with Crippen LogP contribution < -0.4 is 0 Å². The predicted octanol–water partition coefficient (Wildman–Crippen LogP) is 2.25. The fourth-order valence-corrected chi connectivity index (χ4v) is 3.33. The van der Waals surface area contributed by atoms with Crippen molar-refractivity contribution in [2.75, 3.05) is 19.7 Å². The van der Waals surface area contributed by atoms with E-state index < -0.39 is 17.7 Å². The molecule has 0 bridgehead atoms. The van der Waals surface area contributed by atoms with Crippen LogP contribution in [0.2, 0.25) is 0 Å².